The zero-order chi connectivity index (χ0) is 24.9. The number of halogens is 2. The fourth-order valence-electron chi connectivity index (χ4n) is 3.61. The summed E-state index contributed by atoms with van der Waals surface area (Å²) in [6.07, 6.45) is 0.612. The van der Waals surface area contributed by atoms with Crippen molar-refractivity contribution in [3.8, 4) is 5.75 Å². The van der Waals surface area contributed by atoms with E-state index in [-0.39, 0.29) is 26.7 Å². The Morgan fingerprint density at radius 1 is 1.06 bits per heavy atom. The Morgan fingerprint density at radius 3 is 2.38 bits per heavy atom. The lowest BCUT2D eigenvalue weighted by Crippen LogP contribution is -2.42. The third kappa shape index (κ3) is 5.66. The molecule has 9 heteroatoms. The molecule has 1 atom stereocenters. The predicted octanol–water partition coefficient (Wildman–Crippen LogP) is 5.77. The number of aryl methyl sites for hydroxylation is 1. The van der Waals surface area contributed by atoms with Gasteiger partial charge in [0.1, 0.15) is 12.3 Å². The molecular weight excluding hydrogens is 495 g/mol. The molecular formula is C25H26Cl2N2O4S. The summed E-state index contributed by atoms with van der Waals surface area (Å²) in [6, 6.07) is 17.9. The van der Waals surface area contributed by atoms with Gasteiger partial charge < -0.3 is 10.1 Å². The normalized spacial score (nSPS) is 12.1. The van der Waals surface area contributed by atoms with Gasteiger partial charge in [-0.15, -0.1) is 0 Å². The fraction of sp³-hybridized carbons (Fsp3) is 0.240. The molecule has 0 aliphatic rings. The Morgan fingerprint density at radius 2 is 1.76 bits per heavy atom. The van der Waals surface area contributed by atoms with Crippen LogP contribution in [0.4, 0.5) is 5.69 Å². The van der Waals surface area contributed by atoms with Crippen LogP contribution in [0.15, 0.2) is 71.6 Å². The van der Waals surface area contributed by atoms with Gasteiger partial charge in [0.25, 0.3) is 10.0 Å². The second-order valence-corrected chi connectivity index (χ2v) is 10.3. The van der Waals surface area contributed by atoms with Crippen LogP contribution in [0.5, 0.6) is 5.75 Å². The van der Waals surface area contributed by atoms with E-state index in [1.165, 1.54) is 18.2 Å². The Balaban J connectivity index is 1.94. The Labute approximate surface area is 210 Å². The quantitative estimate of drug-likeness (QED) is 0.388. The standard InChI is InChI=1S/C25H26Cl2N2O4S/c1-4-21(18-13-14-23(33-3)17(2)15-18)28-24(30)16-29(22-12-8-11-20(26)25(22)27)34(31,32)19-9-6-5-7-10-19/h5-15,21H,4,16H2,1-3H3,(H,28,30)/t21-/m0/s1. The van der Waals surface area contributed by atoms with Crippen LogP contribution in [-0.4, -0.2) is 28.0 Å². The fourth-order valence-corrected chi connectivity index (χ4v) is 5.52. The summed E-state index contributed by atoms with van der Waals surface area (Å²) in [4.78, 5) is 13.2. The lowest BCUT2D eigenvalue weighted by molar-refractivity contribution is -0.120. The lowest BCUT2D eigenvalue weighted by atomic mass is 10.0. The minimum Gasteiger partial charge on any atom is -0.496 e. The van der Waals surface area contributed by atoms with Crippen LogP contribution >= 0.6 is 23.2 Å². The van der Waals surface area contributed by atoms with Crippen LogP contribution in [-0.2, 0) is 14.8 Å². The number of benzene rings is 3. The summed E-state index contributed by atoms with van der Waals surface area (Å²) >= 11 is 12.5. The number of ether oxygens (including phenoxy) is 1. The zero-order valence-electron chi connectivity index (χ0n) is 19.1. The van der Waals surface area contributed by atoms with Crippen LogP contribution in [0, 0.1) is 6.92 Å². The highest BCUT2D eigenvalue weighted by Gasteiger charge is 2.30. The summed E-state index contributed by atoms with van der Waals surface area (Å²) in [5, 5.41) is 3.18. The Kier molecular flexibility index (Phi) is 8.47. The van der Waals surface area contributed by atoms with E-state index in [2.05, 4.69) is 5.32 Å². The molecule has 1 N–H and O–H groups in total. The number of methoxy groups -OCH3 is 1. The predicted molar refractivity (Wildman–Crippen MR) is 136 cm³/mol. The first kappa shape index (κ1) is 25.9. The smallest absolute Gasteiger partial charge is 0.264 e. The monoisotopic (exact) mass is 520 g/mol. The first-order valence-electron chi connectivity index (χ1n) is 10.6. The molecule has 0 fully saturated rings. The van der Waals surface area contributed by atoms with Gasteiger partial charge in [0.2, 0.25) is 5.91 Å². The molecule has 0 aliphatic heterocycles. The zero-order valence-corrected chi connectivity index (χ0v) is 21.4. The third-order valence-electron chi connectivity index (χ3n) is 5.38. The SMILES string of the molecule is CC[C@H](NC(=O)CN(c1cccc(Cl)c1Cl)S(=O)(=O)c1ccccc1)c1ccc(OC)c(C)c1. The second kappa shape index (κ2) is 11.1. The molecule has 34 heavy (non-hydrogen) atoms. The maximum absolute atomic E-state index is 13.5. The number of carbonyl (C=O) groups is 1. The number of anilines is 1. The van der Waals surface area contributed by atoms with Gasteiger partial charge >= 0.3 is 0 Å². The summed E-state index contributed by atoms with van der Waals surface area (Å²) in [5.41, 5.74) is 1.96. The van der Waals surface area contributed by atoms with Gasteiger partial charge in [0.15, 0.2) is 0 Å². The molecule has 3 rings (SSSR count). The number of rotatable bonds is 9. The maximum atomic E-state index is 13.5. The molecule has 0 aliphatic carbocycles. The van der Waals surface area contributed by atoms with E-state index < -0.39 is 22.5 Å². The summed E-state index contributed by atoms with van der Waals surface area (Å²) < 4.78 is 33.3. The molecule has 0 radical (unpaired) electrons. The molecule has 3 aromatic carbocycles. The first-order valence-corrected chi connectivity index (χ1v) is 12.8. The van der Waals surface area contributed by atoms with Crippen LogP contribution in [0.2, 0.25) is 10.0 Å². The van der Waals surface area contributed by atoms with Gasteiger partial charge in [-0.2, -0.15) is 0 Å². The van der Waals surface area contributed by atoms with Gasteiger partial charge in [0, 0.05) is 0 Å². The largest absolute Gasteiger partial charge is 0.496 e. The molecule has 0 spiro atoms. The number of nitrogens with zero attached hydrogens (tertiary/aromatic N) is 1. The van der Waals surface area contributed by atoms with E-state index in [4.69, 9.17) is 27.9 Å². The van der Waals surface area contributed by atoms with Crippen LogP contribution in [0.3, 0.4) is 0 Å². The van der Waals surface area contributed by atoms with E-state index in [1.54, 1.807) is 37.4 Å². The van der Waals surface area contributed by atoms with E-state index in [9.17, 15) is 13.2 Å². The first-order chi connectivity index (χ1) is 16.2. The minimum absolute atomic E-state index is 0.0386. The Hall–Kier alpha value is -2.74. The van der Waals surface area contributed by atoms with Crippen molar-refractivity contribution < 1.29 is 17.9 Å². The highest BCUT2D eigenvalue weighted by Crippen LogP contribution is 2.35. The number of sulfonamides is 1. The van der Waals surface area contributed by atoms with Crippen molar-refractivity contribution in [2.45, 2.75) is 31.2 Å². The van der Waals surface area contributed by atoms with Crippen molar-refractivity contribution >= 4 is 44.8 Å². The molecule has 0 unspecified atom stereocenters. The number of hydrogen-bond donors (Lipinski definition) is 1. The molecule has 0 saturated carbocycles. The van der Waals surface area contributed by atoms with E-state index >= 15 is 0 Å². The van der Waals surface area contributed by atoms with Crippen LogP contribution in [0.1, 0.15) is 30.5 Å². The van der Waals surface area contributed by atoms with Crippen LogP contribution in [0.25, 0.3) is 0 Å². The van der Waals surface area contributed by atoms with Gasteiger partial charge in [-0.25, -0.2) is 8.42 Å². The second-order valence-electron chi connectivity index (χ2n) is 7.66. The highest BCUT2D eigenvalue weighted by atomic mass is 35.5. The van der Waals surface area contributed by atoms with E-state index in [0.29, 0.717) is 6.42 Å². The van der Waals surface area contributed by atoms with Crippen molar-refractivity contribution in [2.24, 2.45) is 0 Å². The van der Waals surface area contributed by atoms with Gasteiger partial charge in [-0.3, -0.25) is 9.10 Å². The molecule has 180 valence electrons. The number of carbonyl (C=O) groups excluding carboxylic acids is 1. The molecule has 1 amide bonds. The highest BCUT2D eigenvalue weighted by molar-refractivity contribution is 7.92. The molecule has 0 heterocycles. The molecule has 0 bridgehead atoms. The van der Waals surface area contributed by atoms with Gasteiger partial charge in [0.05, 0.1) is 33.8 Å². The van der Waals surface area contributed by atoms with E-state index in [1.807, 2.05) is 32.0 Å². The number of amides is 1. The van der Waals surface area contributed by atoms with Crippen molar-refractivity contribution in [3.63, 3.8) is 0 Å². The number of nitrogens with one attached hydrogen (secondary N) is 1. The van der Waals surface area contributed by atoms with Gasteiger partial charge in [-0.1, -0.05) is 66.5 Å². The van der Waals surface area contributed by atoms with Crippen molar-refractivity contribution in [3.05, 3.63) is 87.9 Å². The molecule has 6 nitrogen and oxygen atoms in total. The average Bonchev–Trinajstić information content (AvgIpc) is 2.83. The van der Waals surface area contributed by atoms with Crippen molar-refractivity contribution in [1.82, 2.24) is 5.32 Å². The van der Waals surface area contributed by atoms with E-state index in [0.717, 1.165) is 21.2 Å². The minimum atomic E-state index is -4.10. The number of hydrogen-bond acceptors (Lipinski definition) is 4. The van der Waals surface area contributed by atoms with Gasteiger partial charge in [-0.05, 0) is 54.8 Å². The van der Waals surface area contributed by atoms with Crippen LogP contribution < -0.4 is 14.4 Å². The topological polar surface area (TPSA) is 75.7 Å². The van der Waals surface area contributed by atoms with Crippen molar-refractivity contribution in [1.29, 1.82) is 0 Å². The molecule has 3 aromatic rings. The summed E-state index contributed by atoms with van der Waals surface area (Å²) in [5.74, 6) is 0.275. The third-order valence-corrected chi connectivity index (χ3v) is 7.97. The maximum Gasteiger partial charge on any atom is 0.264 e. The summed E-state index contributed by atoms with van der Waals surface area (Å²) in [6.45, 7) is 3.39. The Bertz CT molecular complexity index is 1270. The molecule has 0 saturated heterocycles. The summed E-state index contributed by atoms with van der Waals surface area (Å²) in [7, 11) is -2.50. The lowest BCUT2D eigenvalue weighted by Gasteiger charge is -2.26. The van der Waals surface area contributed by atoms with Crippen molar-refractivity contribution in [2.75, 3.05) is 18.0 Å². The molecule has 0 aromatic heterocycles. The average molecular weight is 521 g/mol.